The topological polar surface area (TPSA) is 52.3 Å². The van der Waals surface area contributed by atoms with Crippen molar-refractivity contribution in [1.82, 2.24) is 19.6 Å². The van der Waals surface area contributed by atoms with Gasteiger partial charge in [0, 0.05) is 6.07 Å². The number of benzene rings is 1. The second-order valence-corrected chi connectivity index (χ2v) is 4.81. The van der Waals surface area contributed by atoms with E-state index in [1.165, 1.54) is 35.1 Å². The summed E-state index contributed by atoms with van der Waals surface area (Å²) in [6, 6.07) is 5.59. The Bertz CT molecular complexity index is 764. The molecule has 96 valence electrons. The summed E-state index contributed by atoms with van der Waals surface area (Å²) in [5, 5.41) is 4.20. The van der Waals surface area contributed by atoms with Gasteiger partial charge in [0.2, 0.25) is 5.88 Å². The Morgan fingerprint density at radius 1 is 1.32 bits per heavy atom. The maximum absolute atomic E-state index is 13.0. The molecular weight excluding hydrogens is 339 g/mol. The number of ether oxygens (including phenoxy) is 1. The number of hydrogen-bond donors (Lipinski definition) is 0. The lowest BCUT2D eigenvalue weighted by Gasteiger charge is -2.08. The highest BCUT2D eigenvalue weighted by atomic mass is 79.9. The van der Waals surface area contributed by atoms with Crippen molar-refractivity contribution in [3.05, 3.63) is 46.0 Å². The van der Waals surface area contributed by atoms with Gasteiger partial charge in [-0.3, -0.25) is 0 Å². The molecule has 0 aliphatic rings. The highest BCUT2D eigenvalue weighted by Crippen LogP contribution is 2.30. The van der Waals surface area contributed by atoms with Crippen molar-refractivity contribution in [2.24, 2.45) is 0 Å². The maximum Gasteiger partial charge on any atom is 0.256 e. The second kappa shape index (κ2) is 4.75. The predicted molar refractivity (Wildman–Crippen MR) is 70.0 cm³/mol. The first-order chi connectivity index (χ1) is 9.13. The second-order valence-electron chi connectivity index (χ2n) is 3.57. The fourth-order valence-corrected chi connectivity index (χ4v) is 2.10. The Hall–Kier alpha value is -1.73. The molecule has 2 aromatic heterocycles. The maximum atomic E-state index is 13.0. The molecule has 8 heteroatoms. The lowest BCUT2D eigenvalue weighted by Crippen LogP contribution is -1.98. The Morgan fingerprint density at radius 3 is 2.95 bits per heavy atom. The zero-order chi connectivity index (χ0) is 13.4. The minimum Gasteiger partial charge on any atom is -0.438 e. The van der Waals surface area contributed by atoms with Crippen molar-refractivity contribution in [3.63, 3.8) is 0 Å². The number of nitrogens with zero attached hydrogens (tertiary/aromatic N) is 4. The van der Waals surface area contributed by atoms with Gasteiger partial charge in [-0.25, -0.2) is 4.39 Å². The molecule has 0 aliphatic heterocycles. The number of halogens is 3. The van der Waals surface area contributed by atoms with Crippen molar-refractivity contribution in [2.45, 2.75) is 0 Å². The number of aromatic nitrogens is 4. The van der Waals surface area contributed by atoms with E-state index in [-0.39, 0.29) is 11.0 Å². The van der Waals surface area contributed by atoms with E-state index in [2.05, 4.69) is 31.0 Å². The van der Waals surface area contributed by atoms with E-state index in [1.54, 1.807) is 0 Å². The van der Waals surface area contributed by atoms with Crippen LogP contribution in [0.15, 0.2) is 35.1 Å². The smallest absolute Gasteiger partial charge is 0.256 e. The van der Waals surface area contributed by atoms with E-state index in [0.717, 1.165) is 0 Å². The summed E-state index contributed by atoms with van der Waals surface area (Å²) in [4.78, 5) is 7.90. The highest BCUT2D eigenvalue weighted by molar-refractivity contribution is 9.10. The van der Waals surface area contributed by atoms with Gasteiger partial charge in [0.1, 0.15) is 23.0 Å². The first kappa shape index (κ1) is 12.3. The lowest BCUT2D eigenvalue weighted by atomic mass is 10.3. The molecule has 3 rings (SSSR count). The van der Waals surface area contributed by atoms with Gasteiger partial charge in [-0.05, 0) is 34.1 Å². The zero-order valence-electron chi connectivity index (χ0n) is 9.22. The van der Waals surface area contributed by atoms with Gasteiger partial charge in [0.25, 0.3) is 5.78 Å². The Labute approximate surface area is 120 Å². The molecule has 0 amide bonds. The largest absolute Gasteiger partial charge is 0.438 e. The molecule has 0 spiro atoms. The average molecular weight is 344 g/mol. The van der Waals surface area contributed by atoms with Crippen LogP contribution < -0.4 is 4.74 Å². The SMILES string of the molecule is Fc1ccc(Oc2cc(Cl)nc3ncnn23)c(Br)c1. The molecule has 0 N–H and O–H groups in total. The first-order valence-corrected chi connectivity index (χ1v) is 6.30. The minimum atomic E-state index is -0.363. The molecule has 2 heterocycles. The molecule has 0 atom stereocenters. The fourth-order valence-electron chi connectivity index (χ4n) is 1.50. The van der Waals surface area contributed by atoms with Crippen LogP contribution >= 0.6 is 27.5 Å². The van der Waals surface area contributed by atoms with Crippen molar-refractivity contribution >= 4 is 33.3 Å². The number of hydrogen-bond acceptors (Lipinski definition) is 4. The Balaban J connectivity index is 2.07. The van der Waals surface area contributed by atoms with E-state index in [9.17, 15) is 4.39 Å². The van der Waals surface area contributed by atoms with Crippen LogP contribution in [0, 0.1) is 5.82 Å². The van der Waals surface area contributed by atoms with Crippen molar-refractivity contribution in [1.29, 1.82) is 0 Å². The van der Waals surface area contributed by atoms with Gasteiger partial charge in [0.15, 0.2) is 0 Å². The normalized spacial score (nSPS) is 10.9. The van der Waals surface area contributed by atoms with Crippen LogP contribution in [-0.4, -0.2) is 19.6 Å². The van der Waals surface area contributed by atoms with Gasteiger partial charge < -0.3 is 4.74 Å². The lowest BCUT2D eigenvalue weighted by molar-refractivity contribution is 0.442. The monoisotopic (exact) mass is 342 g/mol. The number of fused-ring (bicyclic) bond motifs is 1. The van der Waals surface area contributed by atoms with Crippen LogP contribution in [0.25, 0.3) is 5.78 Å². The van der Waals surface area contributed by atoms with Crippen molar-refractivity contribution < 1.29 is 9.13 Å². The Morgan fingerprint density at radius 2 is 2.16 bits per heavy atom. The molecule has 0 fully saturated rings. The van der Waals surface area contributed by atoms with Crippen LogP contribution in [-0.2, 0) is 0 Å². The molecule has 0 unspecified atom stereocenters. The van der Waals surface area contributed by atoms with E-state index < -0.39 is 0 Å². The molecule has 19 heavy (non-hydrogen) atoms. The van der Waals surface area contributed by atoms with Crippen LogP contribution in [0.3, 0.4) is 0 Å². The summed E-state index contributed by atoms with van der Waals surface area (Å²) < 4.78 is 20.5. The van der Waals surface area contributed by atoms with Gasteiger partial charge in [-0.1, -0.05) is 11.6 Å². The third kappa shape index (κ3) is 2.39. The summed E-state index contributed by atoms with van der Waals surface area (Å²) >= 11 is 9.09. The molecule has 0 radical (unpaired) electrons. The average Bonchev–Trinajstić information content (AvgIpc) is 2.80. The summed E-state index contributed by atoms with van der Waals surface area (Å²) in [6.45, 7) is 0. The molecular formula is C11H5BrClFN4O. The van der Waals surface area contributed by atoms with Crippen LogP contribution in [0.2, 0.25) is 5.15 Å². The summed E-state index contributed by atoms with van der Waals surface area (Å²) in [5.41, 5.74) is 0. The number of rotatable bonds is 2. The van der Waals surface area contributed by atoms with Crippen LogP contribution in [0.1, 0.15) is 0 Å². The van der Waals surface area contributed by atoms with E-state index in [4.69, 9.17) is 16.3 Å². The summed E-state index contributed by atoms with van der Waals surface area (Å²) in [7, 11) is 0. The third-order valence-corrected chi connectivity index (χ3v) is 3.11. The molecule has 3 aromatic rings. The third-order valence-electron chi connectivity index (χ3n) is 2.30. The molecule has 1 aromatic carbocycles. The van der Waals surface area contributed by atoms with Gasteiger partial charge in [-0.2, -0.15) is 19.6 Å². The van der Waals surface area contributed by atoms with Crippen LogP contribution in [0.5, 0.6) is 11.6 Å². The molecule has 0 saturated heterocycles. The van der Waals surface area contributed by atoms with E-state index >= 15 is 0 Å². The zero-order valence-corrected chi connectivity index (χ0v) is 11.6. The van der Waals surface area contributed by atoms with Crippen molar-refractivity contribution in [2.75, 3.05) is 0 Å². The summed E-state index contributed by atoms with van der Waals surface area (Å²) in [5.74, 6) is 0.721. The first-order valence-electron chi connectivity index (χ1n) is 5.13. The van der Waals surface area contributed by atoms with Crippen molar-refractivity contribution in [3.8, 4) is 11.6 Å². The van der Waals surface area contributed by atoms with Gasteiger partial charge in [-0.15, -0.1) is 0 Å². The standard InChI is InChI=1S/C11H5BrClFN4O/c12-7-3-6(14)1-2-8(7)19-10-4-9(13)17-11-15-5-16-18(10)11/h1-5H. The van der Waals surface area contributed by atoms with Gasteiger partial charge >= 0.3 is 0 Å². The van der Waals surface area contributed by atoms with Crippen LogP contribution in [0.4, 0.5) is 4.39 Å². The Kier molecular flexibility index (Phi) is 3.08. The van der Waals surface area contributed by atoms with Gasteiger partial charge in [0.05, 0.1) is 4.47 Å². The van der Waals surface area contributed by atoms with E-state index in [0.29, 0.717) is 21.9 Å². The molecule has 0 bridgehead atoms. The quantitative estimate of drug-likeness (QED) is 0.669. The molecule has 0 aliphatic carbocycles. The minimum absolute atomic E-state index is 0.230. The fraction of sp³-hybridized carbons (Fsp3) is 0. The molecule has 0 saturated carbocycles. The summed E-state index contributed by atoms with van der Waals surface area (Å²) in [6.07, 6.45) is 1.34. The highest BCUT2D eigenvalue weighted by Gasteiger charge is 2.10. The predicted octanol–water partition coefficient (Wildman–Crippen LogP) is 3.47. The van der Waals surface area contributed by atoms with E-state index in [1.807, 2.05) is 0 Å². The molecule has 5 nitrogen and oxygen atoms in total.